The minimum Gasteiger partial charge on any atom is -0.478 e. The van der Waals surface area contributed by atoms with Crippen LogP contribution in [-0.4, -0.2) is 54.3 Å². The number of nitrogens with zero attached hydrogens (tertiary/aromatic N) is 1. The molecule has 3 N–H and O–H groups in total. The summed E-state index contributed by atoms with van der Waals surface area (Å²) in [7, 11) is 0. The molecule has 1 atom stereocenters. The van der Waals surface area contributed by atoms with Crippen molar-refractivity contribution in [2.45, 2.75) is 13.0 Å². The van der Waals surface area contributed by atoms with E-state index in [9.17, 15) is 9.59 Å². The molecule has 0 radical (unpaired) electrons. The van der Waals surface area contributed by atoms with Gasteiger partial charge in [0.25, 0.3) is 5.91 Å². The molecule has 1 saturated heterocycles. The van der Waals surface area contributed by atoms with Crippen molar-refractivity contribution < 1.29 is 24.2 Å². The monoisotopic (exact) mass is 294 g/mol. The van der Waals surface area contributed by atoms with Gasteiger partial charge < -0.3 is 25.2 Å². The molecule has 1 aromatic rings. The molecule has 114 valence electrons. The van der Waals surface area contributed by atoms with Gasteiger partial charge in [0.1, 0.15) is 5.56 Å². The SMILES string of the molecule is CC(Oc1c(N)cccc1C(=O)O)C(=O)N1CCOCC1. The van der Waals surface area contributed by atoms with E-state index in [1.807, 2.05) is 0 Å². The summed E-state index contributed by atoms with van der Waals surface area (Å²) in [5.74, 6) is -1.33. The number of carbonyl (C=O) groups excluding carboxylic acids is 1. The Kier molecular flexibility index (Phi) is 4.64. The van der Waals surface area contributed by atoms with Crippen LogP contribution in [0.2, 0.25) is 0 Å². The first kappa shape index (κ1) is 15.1. The van der Waals surface area contributed by atoms with Crippen LogP contribution in [0, 0.1) is 0 Å². The summed E-state index contributed by atoms with van der Waals surface area (Å²) in [4.78, 5) is 25.1. The molecule has 1 aliphatic heterocycles. The number of anilines is 1. The van der Waals surface area contributed by atoms with E-state index in [4.69, 9.17) is 20.3 Å². The molecule has 7 heteroatoms. The lowest BCUT2D eigenvalue weighted by Crippen LogP contribution is -2.46. The number of amides is 1. The largest absolute Gasteiger partial charge is 0.478 e. The molecule has 1 amide bonds. The minimum atomic E-state index is -1.15. The molecule has 7 nitrogen and oxygen atoms in total. The smallest absolute Gasteiger partial charge is 0.339 e. The summed E-state index contributed by atoms with van der Waals surface area (Å²) >= 11 is 0. The number of rotatable bonds is 4. The zero-order chi connectivity index (χ0) is 15.4. The number of carbonyl (C=O) groups is 2. The Hall–Kier alpha value is -2.28. The van der Waals surface area contributed by atoms with Crippen LogP contribution in [-0.2, 0) is 9.53 Å². The normalized spacial score (nSPS) is 16.3. The third kappa shape index (κ3) is 3.43. The third-order valence-electron chi connectivity index (χ3n) is 3.24. The second-order valence-electron chi connectivity index (χ2n) is 4.73. The average molecular weight is 294 g/mol. The van der Waals surface area contributed by atoms with E-state index in [1.165, 1.54) is 18.2 Å². The highest BCUT2D eigenvalue weighted by atomic mass is 16.5. The molecule has 21 heavy (non-hydrogen) atoms. The second-order valence-corrected chi connectivity index (χ2v) is 4.73. The number of para-hydroxylation sites is 1. The Morgan fingerprint density at radius 3 is 2.67 bits per heavy atom. The summed E-state index contributed by atoms with van der Waals surface area (Å²) in [6, 6.07) is 4.45. The summed E-state index contributed by atoms with van der Waals surface area (Å²) in [5.41, 5.74) is 5.89. The summed E-state index contributed by atoms with van der Waals surface area (Å²) < 4.78 is 10.7. The molecule has 1 heterocycles. The lowest BCUT2D eigenvalue weighted by molar-refractivity contribution is -0.142. The number of hydrogen-bond acceptors (Lipinski definition) is 5. The van der Waals surface area contributed by atoms with E-state index in [-0.39, 0.29) is 22.9 Å². The maximum absolute atomic E-state index is 12.3. The van der Waals surface area contributed by atoms with Crippen molar-refractivity contribution >= 4 is 17.6 Å². The van der Waals surface area contributed by atoms with Crippen molar-refractivity contribution in [1.29, 1.82) is 0 Å². The second kappa shape index (κ2) is 6.45. The number of nitrogen functional groups attached to an aromatic ring is 1. The van der Waals surface area contributed by atoms with Gasteiger partial charge in [0.2, 0.25) is 0 Å². The topological polar surface area (TPSA) is 102 Å². The quantitative estimate of drug-likeness (QED) is 0.788. The van der Waals surface area contributed by atoms with Crippen molar-refractivity contribution in [3.05, 3.63) is 23.8 Å². The molecular formula is C14H18N2O5. The van der Waals surface area contributed by atoms with Crippen LogP contribution in [0.4, 0.5) is 5.69 Å². The molecule has 0 saturated carbocycles. The van der Waals surface area contributed by atoms with Gasteiger partial charge in [-0.05, 0) is 19.1 Å². The molecule has 1 aromatic carbocycles. The van der Waals surface area contributed by atoms with Crippen LogP contribution in [0.5, 0.6) is 5.75 Å². The van der Waals surface area contributed by atoms with Gasteiger partial charge in [0, 0.05) is 13.1 Å². The van der Waals surface area contributed by atoms with Crippen molar-refractivity contribution in [3.63, 3.8) is 0 Å². The number of ether oxygens (including phenoxy) is 2. The van der Waals surface area contributed by atoms with Gasteiger partial charge in [-0.1, -0.05) is 6.07 Å². The summed E-state index contributed by atoms with van der Waals surface area (Å²) in [6.07, 6.45) is -0.814. The fraction of sp³-hybridized carbons (Fsp3) is 0.429. The highest BCUT2D eigenvalue weighted by Crippen LogP contribution is 2.27. The van der Waals surface area contributed by atoms with E-state index >= 15 is 0 Å². The number of carboxylic acid groups (broad SMARTS) is 1. The number of benzene rings is 1. The van der Waals surface area contributed by atoms with Crippen molar-refractivity contribution in [2.75, 3.05) is 32.0 Å². The predicted octanol–water partition coefficient (Wildman–Crippen LogP) is 0.593. The van der Waals surface area contributed by atoms with E-state index in [2.05, 4.69) is 0 Å². The number of hydrogen-bond donors (Lipinski definition) is 2. The van der Waals surface area contributed by atoms with E-state index in [1.54, 1.807) is 11.8 Å². The third-order valence-corrected chi connectivity index (χ3v) is 3.24. The van der Waals surface area contributed by atoms with Gasteiger partial charge in [0.15, 0.2) is 11.9 Å². The van der Waals surface area contributed by atoms with E-state index in [0.717, 1.165) is 0 Å². The zero-order valence-electron chi connectivity index (χ0n) is 11.7. The van der Waals surface area contributed by atoms with Gasteiger partial charge in [-0.2, -0.15) is 0 Å². The molecule has 1 unspecified atom stereocenters. The fourth-order valence-electron chi connectivity index (χ4n) is 2.12. The van der Waals surface area contributed by atoms with Gasteiger partial charge >= 0.3 is 5.97 Å². The van der Waals surface area contributed by atoms with Crippen LogP contribution in [0.25, 0.3) is 0 Å². The van der Waals surface area contributed by atoms with E-state index in [0.29, 0.717) is 26.3 Å². The standard InChI is InChI=1S/C14H18N2O5/c1-9(13(17)16-5-7-20-8-6-16)21-12-10(14(18)19)3-2-4-11(12)15/h2-4,9H,5-8,15H2,1H3,(H,18,19). The number of morpholine rings is 1. The Bertz CT molecular complexity index is 540. The van der Waals surface area contributed by atoms with Crippen LogP contribution < -0.4 is 10.5 Å². The Balaban J connectivity index is 2.13. The zero-order valence-corrected chi connectivity index (χ0v) is 11.7. The number of nitrogens with two attached hydrogens (primary N) is 1. The minimum absolute atomic E-state index is 0.0270. The maximum Gasteiger partial charge on any atom is 0.339 e. The van der Waals surface area contributed by atoms with E-state index < -0.39 is 12.1 Å². The number of aromatic carboxylic acids is 1. The van der Waals surface area contributed by atoms with Gasteiger partial charge in [0.05, 0.1) is 18.9 Å². The van der Waals surface area contributed by atoms with Crippen LogP contribution >= 0.6 is 0 Å². The lowest BCUT2D eigenvalue weighted by Gasteiger charge is -2.29. The Labute approximate surface area is 122 Å². The molecule has 0 bridgehead atoms. The molecule has 0 aromatic heterocycles. The molecule has 0 aliphatic carbocycles. The Morgan fingerprint density at radius 1 is 1.38 bits per heavy atom. The van der Waals surface area contributed by atoms with Gasteiger partial charge in [-0.25, -0.2) is 4.79 Å². The molecule has 1 aliphatic rings. The predicted molar refractivity (Wildman–Crippen MR) is 75.3 cm³/mol. The number of carboxylic acids is 1. The molecule has 1 fully saturated rings. The maximum atomic E-state index is 12.3. The van der Waals surface area contributed by atoms with Crippen molar-refractivity contribution in [3.8, 4) is 5.75 Å². The van der Waals surface area contributed by atoms with Gasteiger partial charge in [-0.3, -0.25) is 4.79 Å². The lowest BCUT2D eigenvalue weighted by atomic mass is 10.1. The Morgan fingerprint density at radius 2 is 2.05 bits per heavy atom. The first-order valence-corrected chi connectivity index (χ1v) is 6.65. The first-order valence-electron chi connectivity index (χ1n) is 6.65. The summed E-state index contributed by atoms with van der Waals surface area (Å²) in [5, 5.41) is 9.14. The van der Waals surface area contributed by atoms with Gasteiger partial charge in [-0.15, -0.1) is 0 Å². The van der Waals surface area contributed by atoms with Crippen LogP contribution in [0.1, 0.15) is 17.3 Å². The summed E-state index contributed by atoms with van der Waals surface area (Å²) in [6.45, 7) is 3.57. The molecule has 0 spiro atoms. The average Bonchev–Trinajstić information content (AvgIpc) is 2.49. The van der Waals surface area contributed by atoms with Crippen LogP contribution in [0.3, 0.4) is 0 Å². The molecular weight excluding hydrogens is 276 g/mol. The highest BCUT2D eigenvalue weighted by molar-refractivity contribution is 5.93. The van der Waals surface area contributed by atoms with Crippen molar-refractivity contribution in [1.82, 2.24) is 4.90 Å². The fourth-order valence-corrected chi connectivity index (χ4v) is 2.12. The molecule has 2 rings (SSSR count). The first-order chi connectivity index (χ1) is 10.0. The van der Waals surface area contributed by atoms with Crippen molar-refractivity contribution in [2.24, 2.45) is 0 Å². The van der Waals surface area contributed by atoms with Crippen LogP contribution in [0.15, 0.2) is 18.2 Å². The highest BCUT2D eigenvalue weighted by Gasteiger charge is 2.26.